The lowest BCUT2D eigenvalue weighted by atomic mass is 10.2. The number of amides is 1. The minimum absolute atomic E-state index is 0.115. The van der Waals surface area contributed by atoms with Gasteiger partial charge < -0.3 is 15.6 Å². The summed E-state index contributed by atoms with van der Waals surface area (Å²) in [4.78, 5) is 11.5. The van der Waals surface area contributed by atoms with Crippen LogP contribution in [0.15, 0.2) is 10.7 Å². The van der Waals surface area contributed by atoms with Crippen LogP contribution in [0.4, 0.5) is 0 Å². The second kappa shape index (κ2) is 2.85. The van der Waals surface area contributed by atoms with Gasteiger partial charge in [-0.05, 0) is 13.3 Å². The second-order valence-electron chi connectivity index (χ2n) is 3.28. The van der Waals surface area contributed by atoms with Crippen LogP contribution in [0, 0.1) is 6.92 Å². The van der Waals surface area contributed by atoms with E-state index in [1.54, 1.807) is 6.92 Å². The summed E-state index contributed by atoms with van der Waals surface area (Å²) in [7, 11) is 0. The zero-order valence-electron chi connectivity index (χ0n) is 7.28. The lowest BCUT2D eigenvalue weighted by Crippen LogP contribution is -2.29. The molecule has 0 spiro atoms. The molecule has 2 unspecified atom stereocenters. The van der Waals surface area contributed by atoms with E-state index in [2.05, 4.69) is 10.5 Å². The topological polar surface area (TPSA) is 81.2 Å². The van der Waals surface area contributed by atoms with Crippen molar-refractivity contribution in [2.45, 2.75) is 25.4 Å². The molecule has 1 saturated carbocycles. The van der Waals surface area contributed by atoms with Crippen LogP contribution in [0.2, 0.25) is 0 Å². The zero-order valence-corrected chi connectivity index (χ0v) is 7.28. The molecule has 1 heterocycles. The molecular weight excluding hydrogens is 170 g/mol. The summed E-state index contributed by atoms with van der Waals surface area (Å²) in [6, 6.07) is 0.242. The molecule has 0 saturated heterocycles. The standard InChI is InChI=1S/C8H11N3O2/c1-4-5(3-10-13-4)8(12)11-7-2-6(7)9/h3,6-7H,2,9H2,1H3,(H,11,12). The van der Waals surface area contributed by atoms with Crippen LogP contribution < -0.4 is 11.1 Å². The Hall–Kier alpha value is -1.36. The second-order valence-corrected chi connectivity index (χ2v) is 3.28. The third-order valence-electron chi connectivity index (χ3n) is 2.15. The maximum absolute atomic E-state index is 11.5. The van der Waals surface area contributed by atoms with Crippen LogP contribution in [-0.4, -0.2) is 23.1 Å². The fourth-order valence-corrected chi connectivity index (χ4v) is 1.14. The van der Waals surface area contributed by atoms with Crippen molar-refractivity contribution in [2.24, 2.45) is 5.73 Å². The predicted octanol–water partition coefficient (Wildman–Crippen LogP) is -0.188. The van der Waals surface area contributed by atoms with Crippen molar-refractivity contribution >= 4 is 5.91 Å². The molecule has 0 aromatic carbocycles. The monoisotopic (exact) mass is 181 g/mol. The number of hydrogen-bond acceptors (Lipinski definition) is 4. The van der Waals surface area contributed by atoms with E-state index in [1.807, 2.05) is 0 Å². The first-order chi connectivity index (χ1) is 6.18. The Bertz CT molecular complexity index is 334. The van der Waals surface area contributed by atoms with Crippen LogP contribution >= 0.6 is 0 Å². The number of aryl methyl sites for hydroxylation is 1. The molecule has 5 nitrogen and oxygen atoms in total. The first kappa shape index (κ1) is 8.25. The number of nitrogens with two attached hydrogens (primary N) is 1. The van der Waals surface area contributed by atoms with E-state index >= 15 is 0 Å². The molecule has 13 heavy (non-hydrogen) atoms. The van der Waals surface area contributed by atoms with E-state index in [1.165, 1.54) is 6.20 Å². The van der Waals surface area contributed by atoms with Crippen LogP contribution in [0.1, 0.15) is 22.5 Å². The van der Waals surface area contributed by atoms with Crippen molar-refractivity contribution < 1.29 is 9.32 Å². The first-order valence-corrected chi connectivity index (χ1v) is 4.16. The number of nitrogens with zero attached hydrogens (tertiary/aromatic N) is 1. The molecule has 1 aromatic heterocycles. The average Bonchev–Trinajstić information content (AvgIpc) is 2.62. The van der Waals surface area contributed by atoms with Crippen molar-refractivity contribution in [3.63, 3.8) is 0 Å². The predicted molar refractivity (Wildman–Crippen MR) is 45.1 cm³/mol. The smallest absolute Gasteiger partial charge is 0.256 e. The molecule has 2 rings (SSSR count). The van der Waals surface area contributed by atoms with Crippen molar-refractivity contribution in [1.29, 1.82) is 0 Å². The van der Waals surface area contributed by atoms with Crippen LogP contribution in [0.5, 0.6) is 0 Å². The number of hydrogen-bond donors (Lipinski definition) is 2. The summed E-state index contributed by atoms with van der Waals surface area (Å²) in [5.41, 5.74) is 6.04. The van der Waals surface area contributed by atoms with Crippen LogP contribution in [0.3, 0.4) is 0 Å². The number of carbonyl (C=O) groups excluding carboxylic acids is 1. The largest absolute Gasteiger partial charge is 0.361 e. The van der Waals surface area contributed by atoms with Gasteiger partial charge in [0.1, 0.15) is 11.3 Å². The van der Waals surface area contributed by atoms with Gasteiger partial charge >= 0.3 is 0 Å². The fourth-order valence-electron chi connectivity index (χ4n) is 1.14. The molecule has 0 bridgehead atoms. The molecule has 0 aliphatic heterocycles. The van der Waals surface area contributed by atoms with Gasteiger partial charge in [-0.2, -0.15) is 0 Å². The Morgan fingerprint density at radius 1 is 1.85 bits per heavy atom. The normalized spacial score (nSPS) is 25.7. The van der Waals surface area contributed by atoms with Gasteiger partial charge in [0.25, 0.3) is 5.91 Å². The lowest BCUT2D eigenvalue weighted by molar-refractivity contribution is 0.0949. The lowest BCUT2D eigenvalue weighted by Gasteiger charge is -2.00. The number of aromatic nitrogens is 1. The van der Waals surface area contributed by atoms with Crippen molar-refractivity contribution in [2.75, 3.05) is 0 Å². The van der Waals surface area contributed by atoms with Crippen LogP contribution in [0.25, 0.3) is 0 Å². The Morgan fingerprint density at radius 2 is 2.54 bits per heavy atom. The molecule has 1 aromatic rings. The maximum atomic E-state index is 11.5. The molecule has 1 aliphatic carbocycles. The molecular formula is C8H11N3O2. The maximum Gasteiger partial charge on any atom is 0.256 e. The van der Waals surface area contributed by atoms with Crippen molar-refractivity contribution in [1.82, 2.24) is 10.5 Å². The van der Waals surface area contributed by atoms with E-state index < -0.39 is 0 Å². The highest BCUT2D eigenvalue weighted by atomic mass is 16.5. The highest BCUT2D eigenvalue weighted by molar-refractivity contribution is 5.95. The highest BCUT2D eigenvalue weighted by Crippen LogP contribution is 2.18. The molecule has 70 valence electrons. The number of rotatable bonds is 2. The van der Waals surface area contributed by atoms with Gasteiger partial charge in [0, 0.05) is 12.1 Å². The summed E-state index contributed by atoms with van der Waals surface area (Å²) >= 11 is 0. The van der Waals surface area contributed by atoms with Gasteiger partial charge in [-0.15, -0.1) is 0 Å². The quantitative estimate of drug-likeness (QED) is 0.662. The average molecular weight is 181 g/mol. The van der Waals surface area contributed by atoms with E-state index in [0.29, 0.717) is 11.3 Å². The first-order valence-electron chi connectivity index (χ1n) is 4.16. The summed E-state index contributed by atoms with van der Waals surface area (Å²) < 4.78 is 4.77. The minimum Gasteiger partial charge on any atom is -0.361 e. The summed E-state index contributed by atoms with van der Waals surface area (Å²) in [6.45, 7) is 1.70. The molecule has 1 amide bonds. The van der Waals surface area contributed by atoms with E-state index in [9.17, 15) is 4.79 Å². The van der Waals surface area contributed by atoms with Gasteiger partial charge in [-0.1, -0.05) is 5.16 Å². The van der Waals surface area contributed by atoms with Gasteiger partial charge in [-0.3, -0.25) is 4.79 Å². The molecule has 0 radical (unpaired) electrons. The summed E-state index contributed by atoms with van der Waals surface area (Å²) in [6.07, 6.45) is 2.27. The molecule has 1 fully saturated rings. The van der Waals surface area contributed by atoms with Gasteiger partial charge in [-0.25, -0.2) is 0 Å². The molecule has 2 atom stereocenters. The third-order valence-corrected chi connectivity index (χ3v) is 2.15. The number of carbonyl (C=O) groups is 1. The Balaban J connectivity index is 2.01. The summed E-state index contributed by atoms with van der Waals surface area (Å²) in [5, 5.41) is 6.31. The van der Waals surface area contributed by atoms with Gasteiger partial charge in [0.2, 0.25) is 0 Å². The Morgan fingerprint density at radius 3 is 3.00 bits per heavy atom. The van der Waals surface area contributed by atoms with E-state index in [0.717, 1.165) is 6.42 Å². The van der Waals surface area contributed by atoms with E-state index in [-0.39, 0.29) is 18.0 Å². The molecule has 5 heteroatoms. The van der Waals surface area contributed by atoms with Crippen molar-refractivity contribution in [3.8, 4) is 0 Å². The summed E-state index contributed by atoms with van der Waals surface area (Å²) in [5.74, 6) is 0.378. The SMILES string of the molecule is Cc1oncc1C(=O)NC1CC1N. The minimum atomic E-state index is -0.156. The third kappa shape index (κ3) is 1.55. The van der Waals surface area contributed by atoms with E-state index in [4.69, 9.17) is 10.3 Å². The zero-order chi connectivity index (χ0) is 9.42. The molecule has 1 aliphatic rings. The van der Waals surface area contributed by atoms with Crippen molar-refractivity contribution in [3.05, 3.63) is 17.5 Å². The van der Waals surface area contributed by atoms with Crippen LogP contribution in [-0.2, 0) is 0 Å². The van der Waals surface area contributed by atoms with Gasteiger partial charge in [0.05, 0.1) is 6.20 Å². The Kier molecular flexibility index (Phi) is 1.81. The highest BCUT2D eigenvalue weighted by Gasteiger charge is 2.35. The molecule has 3 N–H and O–H groups in total. The fraction of sp³-hybridized carbons (Fsp3) is 0.500. The van der Waals surface area contributed by atoms with Gasteiger partial charge in [0.15, 0.2) is 0 Å². The Labute approximate surface area is 75.3 Å². The number of nitrogens with one attached hydrogen (secondary N) is 1.